The maximum Gasteiger partial charge on any atom is 0.255 e. The van der Waals surface area contributed by atoms with Gasteiger partial charge in [-0.25, -0.2) is 0 Å². The first-order valence-electron chi connectivity index (χ1n) is 8.64. The minimum Gasteiger partial charge on any atom is -0.352 e. The molecule has 0 aliphatic carbocycles. The van der Waals surface area contributed by atoms with E-state index in [0.29, 0.717) is 23.6 Å². The molecule has 0 aliphatic heterocycles. The third-order valence-electron chi connectivity index (χ3n) is 4.25. The number of aryl methyl sites for hydroxylation is 1. The summed E-state index contributed by atoms with van der Waals surface area (Å²) in [6.07, 6.45) is 0.929. The summed E-state index contributed by atoms with van der Waals surface area (Å²) >= 11 is 0. The summed E-state index contributed by atoms with van der Waals surface area (Å²) in [6, 6.07) is 12.6. The van der Waals surface area contributed by atoms with Gasteiger partial charge in [-0.15, -0.1) is 0 Å². The molecule has 2 amide bonds. The molecule has 0 aliphatic rings. The van der Waals surface area contributed by atoms with E-state index in [1.807, 2.05) is 32.0 Å². The molecule has 2 rings (SSSR count). The van der Waals surface area contributed by atoms with Crippen molar-refractivity contribution in [2.45, 2.75) is 34.1 Å². The van der Waals surface area contributed by atoms with Gasteiger partial charge in [-0.3, -0.25) is 9.59 Å². The van der Waals surface area contributed by atoms with Gasteiger partial charge in [0.15, 0.2) is 0 Å². The smallest absolute Gasteiger partial charge is 0.255 e. The predicted molar refractivity (Wildman–Crippen MR) is 102 cm³/mol. The van der Waals surface area contributed by atoms with E-state index in [4.69, 9.17) is 0 Å². The van der Waals surface area contributed by atoms with Crippen molar-refractivity contribution in [2.24, 2.45) is 5.92 Å². The van der Waals surface area contributed by atoms with Crippen molar-refractivity contribution in [2.75, 3.05) is 11.9 Å². The second-order valence-corrected chi connectivity index (χ2v) is 6.72. The quantitative estimate of drug-likeness (QED) is 0.823. The number of anilines is 1. The van der Waals surface area contributed by atoms with Crippen molar-refractivity contribution in [1.29, 1.82) is 0 Å². The molecule has 0 saturated carbocycles. The fourth-order valence-electron chi connectivity index (χ4n) is 2.46. The Balaban J connectivity index is 2.08. The zero-order valence-corrected chi connectivity index (χ0v) is 15.3. The Bertz CT molecular complexity index is 766. The zero-order valence-electron chi connectivity index (χ0n) is 15.3. The van der Waals surface area contributed by atoms with Crippen LogP contribution in [-0.2, 0) is 0 Å². The van der Waals surface area contributed by atoms with Crippen molar-refractivity contribution in [1.82, 2.24) is 5.32 Å². The first-order chi connectivity index (χ1) is 11.9. The minimum absolute atomic E-state index is 0.151. The van der Waals surface area contributed by atoms with E-state index in [0.717, 1.165) is 23.2 Å². The number of hydrogen-bond donors (Lipinski definition) is 2. The lowest BCUT2D eigenvalue weighted by molar-refractivity contribution is 0.0952. The normalized spacial score (nSPS) is 10.6. The molecule has 2 N–H and O–H groups in total. The van der Waals surface area contributed by atoms with Gasteiger partial charge in [0.2, 0.25) is 0 Å². The molecule has 4 nitrogen and oxygen atoms in total. The summed E-state index contributed by atoms with van der Waals surface area (Å²) in [4.78, 5) is 24.7. The second-order valence-electron chi connectivity index (χ2n) is 6.72. The molecule has 25 heavy (non-hydrogen) atoms. The maximum atomic E-state index is 12.5. The Morgan fingerprint density at radius 1 is 0.960 bits per heavy atom. The third-order valence-corrected chi connectivity index (χ3v) is 4.25. The van der Waals surface area contributed by atoms with Gasteiger partial charge in [0.05, 0.1) is 0 Å². The lowest BCUT2D eigenvalue weighted by Crippen LogP contribution is -2.25. The fourth-order valence-corrected chi connectivity index (χ4v) is 2.46. The first kappa shape index (κ1) is 18.7. The standard InChI is InChI=1S/C21H26N2O2/c1-14(2)11-12-22-20(24)17-8-6-9-18(13-17)21(25)23-19-10-5-7-15(3)16(19)4/h5-10,13-14H,11-12H2,1-4H3,(H,22,24)(H,23,25). The van der Waals surface area contributed by atoms with Crippen molar-refractivity contribution >= 4 is 17.5 Å². The molecule has 0 atom stereocenters. The van der Waals surface area contributed by atoms with Gasteiger partial charge < -0.3 is 10.6 Å². The topological polar surface area (TPSA) is 58.2 Å². The van der Waals surface area contributed by atoms with Gasteiger partial charge in [-0.05, 0) is 61.6 Å². The van der Waals surface area contributed by atoms with Crippen LogP contribution in [0.15, 0.2) is 42.5 Å². The maximum absolute atomic E-state index is 12.5. The van der Waals surface area contributed by atoms with Crippen LogP contribution in [-0.4, -0.2) is 18.4 Å². The third kappa shape index (κ3) is 5.18. The van der Waals surface area contributed by atoms with E-state index in [2.05, 4.69) is 24.5 Å². The molecule has 0 heterocycles. The number of nitrogens with one attached hydrogen (secondary N) is 2. The monoisotopic (exact) mass is 338 g/mol. The molecular weight excluding hydrogens is 312 g/mol. The summed E-state index contributed by atoms with van der Waals surface area (Å²) < 4.78 is 0. The van der Waals surface area contributed by atoms with Gasteiger partial charge in [0.1, 0.15) is 0 Å². The van der Waals surface area contributed by atoms with Crippen LogP contribution in [0.5, 0.6) is 0 Å². The Morgan fingerprint density at radius 2 is 1.60 bits per heavy atom. The second kappa shape index (κ2) is 8.47. The van der Waals surface area contributed by atoms with Gasteiger partial charge in [-0.2, -0.15) is 0 Å². The lowest BCUT2D eigenvalue weighted by atomic mass is 10.1. The highest BCUT2D eigenvalue weighted by Gasteiger charge is 2.12. The van der Waals surface area contributed by atoms with Crippen molar-refractivity contribution in [3.63, 3.8) is 0 Å². The molecule has 0 fully saturated rings. The van der Waals surface area contributed by atoms with Crippen LogP contribution in [0.25, 0.3) is 0 Å². The number of carbonyl (C=O) groups is 2. The summed E-state index contributed by atoms with van der Waals surface area (Å²) in [5, 5.41) is 5.81. The highest BCUT2D eigenvalue weighted by atomic mass is 16.2. The van der Waals surface area contributed by atoms with Crippen molar-refractivity contribution < 1.29 is 9.59 Å². The molecule has 0 unspecified atom stereocenters. The first-order valence-corrected chi connectivity index (χ1v) is 8.64. The number of amides is 2. The average Bonchev–Trinajstić information content (AvgIpc) is 2.58. The number of benzene rings is 2. The van der Waals surface area contributed by atoms with Gasteiger partial charge in [0.25, 0.3) is 11.8 Å². The molecule has 4 heteroatoms. The van der Waals surface area contributed by atoms with E-state index in [1.165, 1.54) is 0 Å². The summed E-state index contributed by atoms with van der Waals surface area (Å²) in [5.74, 6) is 0.169. The van der Waals surface area contributed by atoms with Crippen LogP contribution in [0.1, 0.15) is 52.1 Å². The van der Waals surface area contributed by atoms with Crippen LogP contribution < -0.4 is 10.6 Å². The van der Waals surface area contributed by atoms with Crippen molar-refractivity contribution in [3.8, 4) is 0 Å². The molecule has 0 saturated heterocycles. The van der Waals surface area contributed by atoms with E-state index in [9.17, 15) is 9.59 Å². The van der Waals surface area contributed by atoms with Gasteiger partial charge >= 0.3 is 0 Å². The SMILES string of the molecule is Cc1cccc(NC(=O)c2cccc(C(=O)NCCC(C)C)c2)c1C. The molecule has 0 radical (unpaired) electrons. The van der Waals surface area contributed by atoms with E-state index >= 15 is 0 Å². The van der Waals surface area contributed by atoms with Crippen LogP contribution in [0, 0.1) is 19.8 Å². The number of hydrogen-bond acceptors (Lipinski definition) is 2. The highest BCUT2D eigenvalue weighted by Crippen LogP contribution is 2.19. The summed E-state index contributed by atoms with van der Waals surface area (Å²) in [7, 11) is 0. The van der Waals surface area contributed by atoms with Gasteiger partial charge in [-0.1, -0.05) is 32.0 Å². The molecule has 132 valence electrons. The Kier molecular flexibility index (Phi) is 6.34. The number of carbonyl (C=O) groups excluding carboxylic acids is 2. The van der Waals surface area contributed by atoms with E-state index < -0.39 is 0 Å². The van der Waals surface area contributed by atoms with Crippen molar-refractivity contribution in [3.05, 3.63) is 64.7 Å². The average molecular weight is 338 g/mol. The molecule has 0 spiro atoms. The minimum atomic E-state index is -0.217. The Hall–Kier alpha value is -2.62. The fraction of sp³-hybridized carbons (Fsp3) is 0.333. The van der Waals surface area contributed by atoms with Crippen LogP contribution in [0.3, 0.4) is 0 Å². The highest BCUT2D eigenvalue weighted by molar-refractivity contribution is 6.06. The molecular formula is C21H26N2O2. The largest absolute Gasteiger partial charge is 0.352 e. The van der Waals surface area contributed by atoms with Crippen LogP contribution >= 0.6 is 0 Å². The predicted octanol–water partition coefficient (Wildman–Crippen LogP) is 4.33. The number of rotatable bonds is 6. The van der Waals surface area contributed by atoms with Crippen LogP contribution in [0.4, 0.5) is 5.69 Å². The Morgan fingerprint density at radius 3 is 2.28 bits per heavy atom. The van der Waals surface area contributed by atoms with E-state index in [1.54, 1.807) is 24.3 Å². The molecule has 0 aromatic heterocycles. The summed E-state index contributed by atoms with van der Waals surface area (Å²) in [6.45, 7) is 8.85. The molecule has 0 bridgehead atoms. The van der Waals surface area contributed by atoms with Crippen LogP contribution in [0.2, 0.25) is 0 Å². The lowest BCUT2D eigenvalue weighted by Gasteiger charge is -2.11. The van der Waals surface area contributed by atoms with E-state index in [-0.39, 0.29) is 11.8 Å². The van der Waals surface area contributed by atoms with Gasteiger partial charge in [0, 0.05) is 23.4 Å². The molecule has 2 aromatic rings. The zero-order chi connectivity index (χ0) is 18.4. The molecule has 2 aromatic carbocycles. The summed E-state index contributed by atoms with van der Waals surface area (Å²) in [5.41, 5.74) is 3.92. The Labute approximate surface area is 149 Å².